The molecule has 0 atom stereocenters. The summed E-state index contributed by atoms with van der Waals surface area (Å²) < 4.78 is 18.5. The number of aromatic nitrogens is 1. The summed E-state index contributed by atoms with van der Waals surface area (Å²) in [5, 5.41) is 1.80. The van der Waals surface area contributed by atoms with Crippen LogP contribution in [-0.2, 0) is 0 Å². The van der Waals surface area contributed by atoms with Gasteiger partial charge in [-0.2, -0.15) is 0 Å². The first-order valence-corrected chi connectivity index (χ1v) is 6.16. The molecular weight excluding hydrogens is 264 g/mol. The Hall–Kier alpha value is -0.930. The second kappa shape index (κ2) is 4.07. The Kier molecular flexibility index (Phi) is 2.68. The summed E-state index contributed by atoms with van der Waals surface area (Å²) in [6, 6.07) is 3.56. The Morgan fingerprint density at radius 3 is 2.82 bits per heavy atom. The van der Waals surface area contributed by atoms with Crippen molar-refractivity contribution in [1.82, 2.24) is 4.98 Å². The van der Waals surface area contributed by atoms with Crippen molar-refractivity contribution >= 4 is 34.1 Å². The lowest BCUT2D eigenvalue weighted by Gasteiger charge is -2.30. The summed E-state index contributed by atoms with van der Waals surface area (Å²) in [6.45, 7) is 0. The number of rotatable bonds is 2. The smallest absolute Gasteiger partial charge is 0.130 e. The van der Waals surface area contributed by atoms with Gasteiger partial charge < -0.3 is 9.72 Å². The lowest BCUT2D eigenvalue weighted by Crippen LogP contribution is -2.34. The van der Waals surface area contributed by atoms with E-state index in [1.54, 1.807) is 12.3 Å². The van der Waals surface area contributed by atoms with Gasteiger partial charge in [0.15, 0.2) is 0 Å². The van der Waals surface area contributed by atoms with Crippen LogP contribution in [0.5, 0.6) is 5.75 Å². The van der Waals surface area contributed by atoms with Crippen LogP contribution in [0.15, 0.2) is 18.3 Å². The van der Waals surface area contributed by atoms with Crippen LogP contribution in [0.25, 0.3) is 10.9 Å². The zero-order valence-corrected chi connectivity index (χ0v) is 10.4. The van der Waals surface area contributed by atoms with Gasteiger partial charge in [-0.25, -0.2) is 4.39 Å². The van der Waals surface area contributed by atoms with E-state index in [-0.39, 0.29) is 6.10 Å². The summed E-state index contributed by atoms with van der Waals surface area (Å²) in [4.78, 5) is 3.02. The van der Waals surface area contributed by atoms with Crippen molar-refractivity contribution in [2.45, 2.75) is 25.1 Å². The Morgan fingerprint density at radius 2 is 2.12 bits per heavy atom. The minimum atomic E-state index is -0.732. The molecule has 1 aliphatic carbocycles. The van der Waals surface area contributed by atoms with Crippen LogP contribution < -0.4 is 4.74 Å². The molecule has 0 saturated heterocycles. The molecule has 0 bridgehead atoms. The molecule has 5 heteroatoms. The molecule has 0 amide bonds. The fourth-order valence-electron chi connectivity index (χ4n) is 2.01. The van der Waals surface area contributed by atoms with Gasteiger partial charge in [-0.1, -0.05) is 23.2 Å². The van der Waals surface area contributed by atoms with E-state index >= 15 is 0 Å². The number of H-pyrrole nitrogens is 1. The average Bonchev–Trinajstić information content (AvgIpc) is 2.72. The summed E-state index contributed by atoms with van der Waals surface area (Å²) in [5.74, 6) is 0.660. The average molecular weight is 274 g/mol. The molecule has 1 saturated carbocycles. The van der Waals surface area contributed by atoms with Gasteiger partial charge in [-0.15, -0.1) is 0 Å². The Balaban J connectivity index is 1.98. The van der Waals surface area contributed by atoms with Gasteiger partial charge in [-0.3, -0.25) is 0 Å². The topological polar surface area (TPSA) is 25.0 Å². The monoisotopic (exact) mass is 273 g/mol. The lowest BCUT2D eigenvalue weighted by atomic mass is 9.93. The van der Waals surface area contributed by atoms with Crippen molar-refractivity contribution in [2.24, 2.45) is 0 Å². The molecule has 2 nitrogen and oxygen atoms in total. The molecule has 0 spiro atoms. The molecule has 0 unspecified atom stereocenters. The zero-order chi connectivity index (χ0) is 12.0. The maximum absolute atomic E-state index is 12.7. The highest BCUT2D eigenvalue weighted by Crippen LogP contribution is 2.39. The first-order valence-electron chi connectivity index (χ1n) is 5.41. The van der Waals surface area contributed by atoms with Gasteiger partial charge in [0.2, 0.25) is 0 Å². The highest BCUT2D eigenvalue weighted by Gasteiger charge is 2.31. The lowest BCUT2D eigenvalue weighted by molar-refractivity contribution is 0.0421. The molecule has 1 aromatic heterocycles. The molecule has 17 heavy (non-hydrogen) atoms. The second-order valence-electron chi connectivity index (χ2n) is 4.25. The van der Waals surface area contributed by atoms with Crippen molar-refractivity contribution in [3.63, 3.8) is 0 Å². The maximum Gasteiger partial charge on any atom is 0.130 e. The molecule has 90 valence electrons. The van der Waals surface area contributed by atoms with Crippen LogP contribution in [0.4, 0.5) is 4.39 Å². The molecular formula is C12H10Cl2FNO. The second-order valence-corrected chi connectivity index (χ2v) is 5.03. The summed E-state index contributed by atoms with van der Waals surface area (Å²) in [7, 11) is 0. The maximum atomic E-state index is 12.7. The van der Waals surface area contributed by atoms with Gasteiger partial charge in [0, 0.05) is 30.5 Å². The molecule has 2 aromatic rings. The number of halogens is 3. The molecule has 1 fully saturated rings. The van der Waals surface area contributed by atoms with Gasteiger partial charge in [0.05, 0.1) is 15.6 Å². The molecule has 0 radical (unpaired) electrons. The molecule has 1 aromatic carbocycles. The molecule has 1 N–H and O–H groups in total. The van der Waals surface area contributed by atoms with Crippen LogP contribution in [0.2, 0.25) is 10.0 Å². The van der Waals surface area contributed by atoms with Crippen LogP contribution >= 0.6 is 23.2 Å². The third-order valence-corrected chi connectivity index (χ3v) is 3.82. The largest absolute Gasteiger partial charge is 0.489 e. The quantitative estimate of drug-likeness (QED) is 0.865. The molecule has 0 aliphatic heterocycles. The normalized spacial score (nSPS) is 23.7. The minimum Gasteiger partial charge on any atom is -0.489 e. The number of hydrogen-bond donors (Lipinski definition) is 1. The van der Waals surface area contributed by atoms with Crippen molar-refractivity contribution in [3.05, 3.63) is 28.4 Å². The van der Waals surface area contributed by atoms with Crippen LogP contribution in [-0.4, -0.2) is 17.3 Å². The Morgan fingerprint density at radius 1 is 1.35 bits per heavy atom. The zero-order valence-electron chi connectivity index (χ0n) is 8.84. The number of ether oxygens (including phenoxy) is 1. The van der Waals surface area contributed by atoms with Gasteiger partial charge >= 0.3 is 0 Å². The number of benzene rings is 1. The van der Waals surface area contributed by atoms with E-state index in [0.29, 0.717) is 28.6 Å². The van der Waals surface area contributed by atoms with Crippen LogP contribution in [0.3, 0.4) is 0 Å². The number of fused-ring (bicyclic) bond motifs is 1. The first-order chi connectivity index (χ1) is 8.15. The standard InChI is InChI=1S/C12H10Cl2FNO/c13-9-5-10(17-7-3-6(15)4-7)8-1-2-16-12(8)11(9)14/h1-2,5-7,16H,3-4H2. The number of hydrogen-bond acceptors (Lipinski definition) is 1. The predicted molar refractivity (Wildman–Crippen MR) is 66.9 cm³/mol. The molecule has 1 aliphatic rings. The van der Waals surface area contributed by atoms with Gasteiger partial charge in [0.1, 0.15) is 18.0 Å². The minimum absolute atomic E-state index is 0.0552. The van der Waals surface area contributed by atoms with E-state index in [2.05, 4.69) is 4.98 Å². The van der Waals surface area contributed by atoms with Crippen LogP contribution in [0, 0.1) is 0 Å². The van der Waals surface area contributed by atoms with E-state index in [1.165, 1.54) is 0 Å². The molecule has 1 heterocycles. The Labute approximate surface area is 108 Å². The predicted octanol–water partition coefficient (Wildman–Crippen LogP) is 4.35. The summed E-state index contributed by atoms with van der Waals surface area (Å²) >= 11 is 12.1. The summed E-state index contributed by atoms with van der Waals surface area (Å²) in [5.41, 5.74) is 0.755. The number of nitrogens with one attached hydrogen (secondary N) is 1. The van der Waals surface area contributed by atoms with Gasteiger partial charge in [0.25, 0.3) is 0 Å². The van der Waals surface area contributed by atoms with E-state index in [4.69, 9.17) is 27.9 Å². The molecule has 3 rings (SSSR count). The third-order valence-electron chi connectivity index (χ3n) is 3.03. The van der Waals surface area contributed by atoms with Crippen molar-refractivity contribution in [1.29, 1.82) is 0 Å². The van der Waals surface area contributed by atoms with Crippen molar-refractivity contribution in [3.8, 4) is 5.75 Å². The third kappa shape index (κ3) is 1.87. The fraction of sp³-hybridized carbons (Fsp3) is 0.333. The number of aromatic amines is 1. The highest BCUT2D eigenvalue weighted by atomic mass is 35.5. The van der Waals surface area contributed by atoms with E-state index in [1.807, 2.05) is 6.07 Å². The van der Waals surface area contributed by atoms with Gasteiger partial charge in [-0.05, 0) is 6.07 Å². The van der Waals surface area contributed by atoms with E-state index in [0.717, 1.165) is 10.9 Å². The summed E-state index contributed by atoms with van der Waals surface area (Å²) in [6.07, 6.45) is 1.89. The number of alkyl halides is 1. The van der Waals surface area contributed by atoms with E-state index in [9.17, 15) is 4.39 Å². The van der Waals surface area contributed by atoms with E-state index < -0.39 is 6.17 Å². The Bertz CT molecular complexity index is 563. The van der Waals surface area contributed by atoms with Crippen molar-refractivity contribution in [2.75, 3.05) is 0 Å². The van der Waals surface area contributed by atoms with Crippen molar-refractivity contribution < 1.29 is 9.13 Å². The SMILES string of the molecule is FC1CC(Oc2cc(Cl)c(Cl)c3[nH]ccc23)C1. The highest BCUT2D eigenvalue weighted by molar-refractivity contribution is 6.45. The fourth-order valence-corrected chi connectivity index (χ4v) is 2.41. The van der Waals surface area contributed by atoms with Crippen LogP contribution in [0.1, 0.15) is 12.8 Å². The first kappa shape index (κ1) is 11.2.